The Kier molecular flexibility index (Phi) is 5.23. The summed E-state index contributed by atoms with van der Waals surface area (Å²) in [4.78, 5) is 22.1. The van der Waals surface area contributed by atoms with Crippen LogP contribution in [0.3, 0.4) is 0 Å². The summed E-state index contributed by atoms with van der Waals surface area (Å²) in [6, 6.07) is 3.14. The summed E-state index contributed by atoms with van der Waals surface area (Å²) in [6.07, 6.45) is 0. The first-order valence-electron chi connectivity index (χ1n) is 5.89. The largest absolute Gasteiger partial charge is 0.423 e. The SMILES string of the molecule is C=C(C)C(=O)Oc1ccc(OC(=O)C(=C)C)c(S(=O)(=O)O)c1. The Balaban J connectivity index is 3.26. The quantitative estimate of drug-likeness (QED) is 0.381. The van der Waals surface area contributed by atoms with E-state index in [0.717, 1.165) is 12.1 Å². The van der Waals surface area contributed by atoms with E-state index in [0.29, 0.717) is 0 Å². The van der Waals surface area contributed by atoms with Gasteiger partial charge < -0.3 is 9.47 Å². The normalized spacial score (nSPS) is 10.7. The van der Waals surface area contributed by atoms with Crippen molar-refractivity contribution in [2.45, 2.75) is 18.7 Å². The first-order valence-corrected chi connectivity index (χ1v) is 7.33. The Morgan fingerprint density at radius 3 is 2.00 bits per heavy atom. The zero-order valence-electron chi connectivity index (χ0n) is 12.0. The van der Waals surface area contributed by atoms with Gasteiger partial charge in [-0.3, -0.25) is 4.55 Å². The molecule has 0 aliphatic carbocycles. The highest BCUT2D eigenvalue weighted by molar-refractivity contribution is 7.86. The van der Waals surface area contributed by atoms with Crippen LogP contribution >= 0.6 is 0 Å². The maximum absolute atomic E-state index is 11.4. The molecule has 1 aromatic rings. The molecule has 118 valence electrons. The summed E-state index contributed by atoms with van der Waals surface area (Å²) in [5, 5.41) is 0. The van der Waals surface area contributed by atoms with E-state index in [1.807, 2.05) is 0 Å². The molecule has 0 fully saturated rings. The number of benzene rings is 1. The number of hydrogen-bond donors (Lipinski definition) is 1. The van der Waals surface area contributed by atoms with E-state index >= 15 is 0 Å². The molecule has 0 unspecified atom stereocenters. The number of rotatable bonds is 5. The van der Waals surface area contributed by atoms with E-state index in [2.05, 4.69) is 13.2 Å². The predicted octanol–water partition coefficient (Wildman–Crippen LogP) is 1.90. The van der Waals surface area contributed by atoms with Crippen LogP contribution in [0.15, 0.2) is 47.4 Å². The third-order valence-electron chi connectivity index (χ3n) is 2.30. The van der Waals surface area contributed by atoms with Gasteiger partial charge in [0.05, 0.1) is 0 Å². The van der Waals surface area contributed by atoms with Crippen LogP contribution in [0.2, 0.25) is 0 Å². The van der Waals surface area contributed by atoms with Crippen molar-refractivity contribution in [3.8, 4) is 11.5 Å². The Hall–Kier alpha value is -2.45. The topological polar surface area (TPSA) is 107 Å². The van der Waals surface area contributed by atoms with Gasteiger partial charge in [0.1, 0.15) is 10.6 Å². The highest BCUT2D eigenvalue weighted by Gasteiger charge is 2.21. The molecule has 0 aromatic heterocycles. The molecule has 0 saturated heterocycles. The van der Waals surface area contributed by atoms with E-state index in [4.69, 9.17) is 9.47 Å². The maximum atomic E-state index is 11.4. The fourth-order valence-electron chi connectivity index (χ4n) is 1.22. The minimum atomic E-state index is -4.70. The van der Waals surface area contributed by atoms with Crippen molar-refractivity contribution in [2.24, 2.45) is 0 Å². The first-order chi connectivity index (χ1) is 10.0. The number of carbonyl (C=O) groups excluding carboxylic acids is 2. The molecule has 0 aliphatic heterocycles. The summed E-state index contributed by atoms with van der Waals surface area (Å²) >= 11 is 0. The average Bonchev–Trinajstić information content (AvgIpc) is 2.38. The van der Waals surface area contributed by atoms with Crippen LogP contribution in [-0.2, 0) is 19.7 Å². The molecule has 1 aromatic carbocycles. The van der Waals surface area contributed by atoms with Crippen molar-refractivity contribution in [2.75, 3.05) is 0 Å². The zero-order valence-corrected chi connectivity index (χ0v) is 12.8. The molecular formula is C14H14O7S. The summed E-state index contributed by atoms with van der Waals surface area (Å²) in [7, 11) is -4.70. The van der Waals surface area contributed by atoms with Crippen molar-refractivity contribution < 1.29 is 32.0 Å². The number of ether oxygens (including phenoxy) is 2. The van der Waals surface area contributed by atoms with E-state index in [-0.39, 0.29) is 16.9 Å². The molecule has 0 saturated carbocycles. The van der Waals surface area contributed by atoms with Crippen LogP contribution < -0.4 is 9.47 Å². The summed E-state index contributed by atoms with van der Waals surface area (Å²) in [5.41, 5.74) is 0.144. The summed E-state index contributed by atoms with van der Waals surface area (Å²) in [6.45, 7) is 9.52. The maximum Gasteiger partial charge on any atom is 0.338 e. The number of hydrogen-bond acceptors (Lipinski definition) is 6. The molecular weight excluding hydrogens is 312 g/mol. The second kappa shape index (κ2) is 6.54. The third-order valence-corrected chi connectivity index (χ3v) is 3.18. The predicted molar refractivity (Wildman–Crippen MR) is 77.2 cm³/mol. The second-order valence-corrected chi connectivity index (χ2v) is 5.81. The standard InChI is InChI=1S/C14H14O7S/c1-8(2)13(15)20-10-5-6-11(21-14(16)9(3)4)12(7-10)22(17,18)19/h5-7H,1,3H2,2,4H3,(H,17,18,19). The summed E-state index contributed by atoms with van der Waals surface area (Å²) in [5.74, 6) is -2.20. The number of carbonyl (C=O) groups is 2. The minimum Gasteiger partial charge on any atom is -0.423 e. The third kappa shape index (κ3) is 4.54. The summed E-state index contributed by atoms with van der Waals surface area (Å²) < 4.78 is 41.6. The van der Waals surface area contributed by atoms with Gasteiger partial charge in [0, 0.05) is 17.2 Å². The highest BCUT2D eigenvalue weighted by atomic mass is 32.2. The van der Waals surface area contributed by atoms with E-state index in [9.17, 15) is 22.6 Å². The van der Waals surface area contributed by atoms with Gasteiger partial charge in [0.25, 0.3) is 10.1 Å². The number of esters is 2. The van der Waals surface area contributed by atoms with E-state index < -0.39 is 32.7 Å². The Morgan fingerprint density at radius 2 is 1.55 bits per heavy atom. The van der Waals surface area contributed by atoms with Crippen molar-refractivity contribution in [1.29, 1.82) is 0 Å². The van der Waals surface area contributed by atoms with Crippen LogP contribution in [0.1, 0.15) is 13.8 Å². The Labute approximate surface area is 127 Å². The molecule has 0 heterocycles. The molecule has 7 nitrogen and oxygen atoms in total. The van der Waals surface area contributed by atoms with Gasteiger partial charge in [0.2, 0.25) is 0 Å². The molecule has 0 spiro atoms. The lowest BCUT2D eigenvalue weighted by Gasteiger charge is -2.10. The zero-order chi connectivity index (χ0) is 17.1. The minimum absolute atomic E-state index is 0.0408. The van der Waals surface area contributed by atoms with Crippen molar-refractivity contribution in [3.63, 3.8) is 0 Å². The average molecular weight is 326 g/mol. The van der Waals surface area contributed by atoms with Crippen LogP contribution in [0.4, 0.5) is 0 Å². The van der Waals surface area contributed by atoms with Crippen LogP contribution in [0.25, 0.3) is 0 Å². The monoisotopic (exact) mass is 326 g/mol. The first kappa shape index (κ1) is 17.6. The van der Waals surface area contributed by atoms with Gasteiger partial charge >= 0.3 is 11.9 Å². The molecule has 1 N–H and O–H groups in total. The van der Waals surface area contributed by atoms with Crippen molar-refractivity contribution in [1.82, 2.24) is 0 Å². The van der Waals surface area contributed by atoms with Crippen molar-refractivity contribution in [3.05, 3.63) is 42.5 Å². The molecule has 0 bridgehead atoms. The Morgan fingerprint density at radius 1 is 1.05 bits per heavy atom. The molecule has 22 heavy (non-hydrogen) atoms. The lowest BCUT2D eigenvalue weighted by Crippen LogP contribution is -2.13. The Bertz CT molecular complexity index is 759. The van der Waals surface area contributed by atoms with Crippen LogP contribution in [0.5, 0.6) is 11.5 Å². The van der Waals surface area contributed by atoms with Crippen LogP contribution in [0, 0.1) is 0 Å². The van der Waals surface area contributed by atoms with Gasteiger partial charge in [-0.15, -0.1) is 0 Å². The van der Waals surface area contributed by atoms with Crippen LogP contribution in [-0.4, -0.2) is 24.9 Å². The molecule has 0 radical (unpaired) electrons. The molecule has 8 heteroatoms. The second-order valence-electron chi connectivity index (χ2n) is 4.42. The molecule has 0 atom stereocenters. The van der Waals surface area contributed by atoms with Gasteiger partial charge in [-0.25, -0.2) is 9.59 Å². The molecule has 1 rings (SSSR count). The van der Waals surface area contributed by atoms with E-state index in [1.54, 1.807) is 0 Å². The molecule has 0 amide bonds. The lowest BCUT2D eigenvalue weighted by molar-refractivity contribution is -0.131. The van der Waals surface area contributed by atoms with Gasteiger partial charge in [0.15, 0.2) is 5.75 Å². The highest BCUT2D eigenvalue weighted by Crippen LogP contribution is 2.29. The van der Waals surface area contributed by atoms with Gasteiger partial charge in [-0.05, 0) is 26.0 Å². The van der Waals surface area contributed by atoms with Crippen molar-refractivity contribution >= 4 is 22.1 Å². The fourth-order valence-corrected chi connectivity index (χ4v) is 1.85. The van der Waals surface area contributed by atoms with E-state index in [1.165, 1.54) is 19.9 Å². The van der Waals surface area contributed by atoms with Gasteiger partial charge in [-0.2, -0.15) is 8.42 Å². The molecule has 0 aliphatic rings. The van der Waals surface area contributed by atoms with Gasteiger partial charge in [-0.1, -0.05) is 13.2 Å². The smallest absolute Gasteiger partial charge is 0.338 e. The fraction of sp³-hybridized carbons (Fsp3) is 0.143. The lowest BCUT2D eigenvalue weighted by atomic mass is 10.3.